The summed E-state index contributed by atoms with van der Waals surface area (Å²) in [5.41, 5.74) is 1.38. The molecule has 0 saturated carbocycles. The number of carbonyl (C=O) groups is 1. The quantitative estimate of drug-likeness (QED) is 0.436. The number of aryl methyl sites for hydroxylation is 1. The number of rotatable bonds is 6. The second-order valence-electron chi connectivity index (χ2n) is 6.40. The minimum absolute atomic E-state index is 0.0759. The summed E-state index contributed by atoms with van der Waals surface area (Å²) in [5.74, 6) is 0.397. The van der Waals surface area contributed by atoms with E-state index >= 15 is 0 Å². The number of nitrogens with one attached hydrogen (secondary N) is 1. The molecule has 0 atom stereocenters. The second-order valence-corrected chi connectivity index (χ2v) is 7.32. The van der Waals surface area contributed by atoms with Crippen LogP contribution in [0.3, 0.4) is 0 Å². The van der Waals surface area contributed by atoms with Crippen molar-refractivity contribution in [2.45, 2.75) is 25.9 Å². The fourth-order valence-electron chi connectivity index (χ4n) is 2.79. The fraction of sp³-hybridized carbons (Fsp3) is 0.238. The molecule has 1 aromatic heterocycles. The number of amides is 1. The van der Waals surface area contributed by atoms with Crippen LogP contribution < -0.4 is 5.32 Å². The van der Waals surface area contributed by atoms with Gasteiger partial charge in [0.05, 0.1) is 12.2 Å². The lowest BCUT2D eigenvalue weighted by molar-refractivity contribution is -0.137. The third-order valence-electron chi connectivity index (χ3n) is 4.31. The van der Waals surface area contributed by atoms with Crippen molar-refractivity contribution in [2.75, 3.05) is 11.9 Å². The maximum Gasteiger partial charge on any atom is 0.416 e. The van der Waals surface area contributed by atoms with Crippen LogP contribution in [0.5, 0.6) is 0 Å². The van der Waals surface area contributed by atoms with Gasteiger partial charge in [-0.3, -0.25) is 5.32 Å². The van der Waals surface area contributed by atoms with Crippen molar-refractivity contribution in [2.24, 2.45) is 0 Å². The smallest absolute Gasteiger partial charge is 0.416 e. The molecule has 0 fully saturated rings. The predicted molar refractivity (Wildman–Crippen MR) is 109 cm³/mol. The topological polar surface area (TPSA) is 64.4 Å². The highest BCUT2D eigenvalue weighted by atomic mass is 79.9. The highest BCUT2D eigenvalue weighted by molar-refractivity contribution is 9.10. The summed E-state index contributed by atoms with van der Waals surface area (Å²) >= 11 is 3.36. The molecule has 0 unspecified atom stereocenters. The van der Waals surface area contributed by atoms with Crippen LogP contribution in [-0.2, 0) is 23.8 Å². The first-order valence-corrected chi connectivity index (χ1v) is 9.91. The molecule has 3 aromatic rings. The van der Waals surface area contributed by atoms with E-state index in [-0.39, 0.29) is 13.0 Å². The Bertz CT molecular complexity index is 1020. The van der Waals surface area contributed by atoms with E-state index in [4.69, 9.17) is 9.26 Å². The van der Waals surface area contributed by atoms with Crippen molar-refractivity contribution in [3.8, 4) is 11.3 Å². The van der Waals surface area contributed by atoms with E-state index in [1.54, 1.807) is 6.07 Å². The van der Waals surface area contributed by atoms with Gasteiger partial charge in [-0.25, -0.2) is 4.79 Å². The molecule has 0 aliphatic heterocycles. The van der Waals surface area contributed by atoms with E-state index in [0.717, 1.165) is 22.2 Å². The third-order valence-corrected chi connectivity index (χ3v) is 4.84. The number of anilines is 1. The van der Waals surface area contributed by atoms with E-state index < -0.39 is 17.8 Å². The van der Waals surface area contributed by atoms with E-state index in [2.05, 4.69) is 26.4 Å². The highest BCUT2D eigenvalue weighted by Crippen LogP contribution is 2.32. The molecular weight excluding hydrogens is 465 g/mol. The van der Waals surface area contributed by atoms with E-state index in [0.29, 0.717) is 29.1 Å². The molecular formula is C21H18BrF3N2O3. The summed E-state index contributed by atoms with van der Waals surface area (Å²) in [6.07, 6.45) is -4.47. The molecule has 1 N–H and O–H groups in total. The highest BCUT2D eigenvalue weighted by Gasteiger charge is 2.30. The van der Waals surface area contributed by atoms with Gasteiger partial charge in [-0.15, -0.1) is 0 Å². The Morgan fingerprint density at radius 1 is 1.20 bits per heavy atom. The average molecular weight is 483 g/mol. The van der Waals surface area contributed by atoms with E-state index in [1.165, 1.54) is 6.07 Å². The Hall–Kier alpha value is -2.81. The molecule has 5 nitrogen and oxygen atoms in total. The first kappa shape index (κ1) is 21.9. The molecule has 2 aromatic carbocycles. The second kappa shape index (κ2) is 9.34. The van der Waals surface area contributed by atoms with Gasteiger partial charge in [-0.1, -0.05) is 46.2 Å². The van der Waals surface area contributed by atoms with Crippen molar-refractivity contribution < 1.29 is 27.2 Å². The normalized spacial score (nSPS) is 11.4. The van der Waals surface area contributed by atoms with Gasteiger partial charge in [0.2, 0.25) is 0 Å². The van der Waals surface area contributed by atoms with Crippen LogP contribution in [0.1, 0.15) is 23.7 Å². The van der Waals surface area contributed by atoms with Crippen molar-refractivity contribution >= 4 is 27.7 Å². The SMILES string of the molecule is CCc1noc(-c2ccc(Br)cc2)c1NC(=O)OCCc1cccc(C(F)(F)F)c1. The monoisotopic (exact) mass is 482 g/mol. The first-order chi connectivity index (χ1) is 14.3. The molecule has 0 bridgehead atoms. The Morgan fingerprint density at radius 3 is 2.60 bits per heavy atom. The lowest BCUT2D eigenvalue weighted by atomic mass is 10.1. The number of ether oxygens (including phenoxy) is 1. The van der Waals surface area contributed by atoms with Gasteiger partial charge in [0, 0.05) is 16.5 Å². The molecule has 0 aliphatic rings. The zero-order chi connectivity index (χ0) is 21.7. The number of carbonyl (C=O) groups excluding carboxylic acids is 1. The molecule has 0 saturated heterocycles. The van der Waals surface area contributed by atoms with Crippen LogP contribution >= 0.6 is 15.9 Å². The maximum atomic E-state index is 12.8. The maximum absolute atomic E-state index is 12.8. The fourth-order valence-corrected chi connectivity index (χ4v) is 3.06. The molecule has 9 heteroatoms. The molecule has 0 spiro atoms. The number of hydrogen-bond donors (Lipinski definition) is 1. The summed E-state index contributed by atoms with van der Waals surface area (Å²) in [4.78, 5) is 12.2. The van der Waals surface area contributed by atoms with E-state index in [1.807, 2.05) is 31.2 Å². The number of benzene rings is 2. The van der Waals surface area contributed by atoms with E-state index in [9.17, 15) is 18.0 Å². The van der Waals surface area contributed by atoms with Crippen LogP contribution in [0.15, 0.2) is 57.5 Å². The molecule has 158 valence electrons. The Labute approximate surface area is 179 Å². The number of aromatic nitrogens is 1. The van der Waals surface area contributed by atoms with Crippen molar-refractivity contribution in [1.29, 1.82) is 0 Å². The standard InChI is InChI=1S/C21H18BrF3N2O3/c1-2-17-18(19(30-27-17)14-6-8-16(22)9-7-14)26-20(28)29-11-10-13-4-3-5-15(12-13)21(23,24)25/h3-9,12H,2,10-11H2,1H3,(H,26,28). The number of nitrogens with zero attached hydrogens (tertiary/aromatic N) is 1. The number of hydrogen-bond acceptors (Lipinski definition) is 4. The zero-order valence-corrected chi connectivity index (χ0v) is 17.5. The van der Waals surface area contributed by atoms with Gasteiger partial charge in [0.15, 0.2) is 5.76 Å². The van der Waals surface area contributed by atoms with Crippen LogP contribution in [0.25, 0.3) is 11.3 Å². The minimum Gasteiger partial charge on any atom is -0.449 e. The Balaban J connectivity index is 1.64. The van der Waals surface area contributed by atoms with Gasteiger partial charge in [0.25, 0.3) is 0 Å². The van der Waals surface area contributed by atoms with Gasteiger partial charge in [0.1, 0.15) is 11.4 Å². The summed E-state index contributed by atoms with van der Waals surface area (Å²) in [5, 5.41) is 6.62. The van der Waals surface area contributed by atoms with Crippen molar-refractivity contribution in [3.05, 3.63) is 69.8 Å². The molecule has 3 rings (SSSR count). The van der Waals surface area contributed by atoms with Crippen LogP contribution in [-0.4, -0.2) is 17.9 Å². The summed E-state index contributed by atoms with van der Waals surface area (Å²) in [7, 11) is 0. The van der Waals surface area contributed by atoms with Gasteiger partial charge < -0.3 is 9.26 Å². The lowest BCUT2D eigenvalue weighted by Gasteiger charge is -2.10. The van der Waals surface area contributed by atoms with Crippen LogP contribution in [0.4, 0.5) is 23.7 Å². The van der Waals surface area contributed by atoms with Gasteiger partial charge in [-0.2, -0.15) is 13.2 Å². The van der Waals surface area contributed by atoms with Crippen molar-refractivity contribution in [3.63, 3.8) is 0 Å². The first-order valence-electron chi connectivity index (χ1n) is 9.12. The number of halogens is 4. The zero-order valence-electron chi connectivity index (χ0n) is 15.9. The van der Waals surface area contributed by atoms with Gasteiger partial charge in [-0.05, 0) is 42.3 Å². The van der Waals surface area contributed by atoms with Crippen molar-refractivity contribution in [1.82, 2.24) is 5.16 Å². The largest absolute Gasteiger partial charge is 0.449 e. The van der Waals surface area contributed by atoms with Crippen LogP contribution in [0.2, 0.25) is 0 Å². The Kier molecular flexibility index (Phi) is 6.81. The molecule has 0 aliphatic carbocycles. The summed E-state index contributed by atoms with van der Waals surface area (Å²) in [6.45, 7) is 1.79. The molecule has 0 radical (unpaired) electrons. The molecule has 30 heavy (non-hydrogen) atoms. The van der Waals surface area contributed by atoms with Crippen LogP contribution in [0, 0.1) is 0 Å². The van der Waals surface area contributed by atoms with Gasteiger partial charge >= 0.3 is 12.3 Å². The minimum atomic E-state index is -4.41. The predicted octanol–water partition coefficient (Wildman–Crippen LogP) is 6.48. The summed E-state index contributed by atoms with van der Waals surface area (Å²) < 4.78 is 49.8. The summed E-state index contributed by atoms with van der Waals surface area (Å²) in [6, 6.07) is 12.2. The molecule has 1 amide bonds. The Morgan fingerprint density at radius 2 is 1.93 bits per heavy atom. The number of alkyl halides is 3. The molecule has 1 heterocycles. The third kappa shape index (κ3) is 5.41. The lowest BCUT2D eigenvalue weighted by Crippen LogP contribution is -2.16. The average Bonchev–Trinajstić information content (AvgIpc) is 3.10.